The molecule has 0 unspecified atom stereocenters. The zero-order valence-corrected chi connectivity index (χ0v) is 23.9. The number of nitrogens with one attached hydrogen (secondary N) is 2. The molecule has 40 heavy (non-hydrogen) atoms. The molecule has 0 aliphatic rings. The van der Waals surface area contributed by atoms with Gasteiger partial charge < -0.3 is 29.6 Å². The Morgan fingerprint density at radius 1 is 0.950 bits per heavy atom. The van der Waals surface area contributed by atoms with Crippen molar-refractivity contribution in [2.75, 3.05) is 32.6 Å². The highest BCUT2D eigenvalue weighted by atomic mass is 16.5. The molecule has 0 atom stereocenters. The summed E-state index contributed by atoms with van der Waals surface area (Å²) in [6, 6.07) is 20.9. The lowest BCUT2D eigenvalue weighted by Gasteiger charge is -2.30. The van der Waals surface area contributed by atoms with Crippen LogP contribution < -0.4 is 14.8 Å². The summed E-state index contributed by atoms with van der Waals surface area (Å²) < 4.78 is 10.9. The number of aromatic amines is 1. The SMILES string of the molecule is COc1ccc(CN(CCc2c[nH]c3ccccc23)C(=O)CN(C(=O)Nc2ccccc2C)C(C)C)cc1OC. The molecule has 0 radical (unpaired) electrons. The van der Waals surface area contributed by atoms with Crippen LogP contribution in [0.2, 0.25) is 0 Å². The van der Waals surface area contributed by atoms with Gasteiger partial charge in [0.1, 0.15) is 6.54 Å². The Balaban J connectivity index is 1.56. The standard InChI is InChI=1S/C32H38N4O4/c1-22(2)36(32(38)34-27-12-8-6-10-23(27)3)21-31(37)35(20-24-14-15-29(39-4)30(18-24)40-5)17-16-25-19-33-28-13-9-7-11-26(25)28/h6-15,18-19,22,33H,16-17,20-21H2,1-5H3,(H,34,38). The van der Waals surface area contributed by atoms with Crippen LogP contribution in [0.3, 0.4) is 0 Å². The summed E-state index contributed by atoms with van der Waals surface area (Å²) in [5.41, 5.74) is 4.80. The molecule has 210 valence electrons. The molecule has 0 fully saturated rings. The Hall–Kier alpha value is -4.46. The number of H-pyrrole nitrogens is 1. The molecule has 0 bridgehead atoms. The Morgan fingerprint density at radius 2 is 1.68 bits per heavy atom. The van der Waals surface area contributed by atoms with Gasteiger partial charge in [-0.05, 0) is 68.1 Å². The first-order valence-corrected chi connectivity index (χ1v) is 13.5. The van der Waals surface area contributed by atoms with E-state index in [4.69, 9.17) is 9.47 Å². The monoisotopic (exact) mass is 542 g/mol. The van der Waals surface area contributed by atoms with Crippen molar-refractivity contribution in [3.05, 3.63) is 89.6 Å². The van der Waals surface area contributed by atoms with Gasteiger partial charge in [-0.25, -0.2) is 4.79 Å². The predicted molar refractivity (Wildman–Crippen MR) is 159 cm³/mol. The van der Waals surface area contributed by atoms with Gasteiger partial charge in [-0.2, -0.15) is 0 Å². The van der Waals surface area contributed by atoms with Crippen LogP contribution in [-0.2, 0) is 17.8 Å². The van der Waals surface area contributed by atoms with Crippen molar-refractivity contribution < 1.29 is 19.1 Å². The van der Waals surface area contributed by atoms with Crippen LogP contribution in [0.1, 0.15) is 30.5 Å². The van der Waals surface area contributed by atoms with Crippen LogP contribution in [0.4, 0.5) is 10.5 Å². The Labute approximate surface area is 235 Å². The molecule has 8 heteroatoms. The molecule has 1 aromatic heterocycles. The van der Waals surface area contributed by atoms with Crippen molar-refractivity contribution in [3.63, 3.8) is 0 Å². The molecule has 2 N–H and O–H groups in total. The van der Waals surface area contributed by atoms with Crippen LogP contribution in [0.25, 0.3) is 10.9 Å². The number of carbonyl (C=O) groups excluding carboxylic acids is 2. The number of fused-ring (bicyclic) bond motifs is 1. The van der Waals surface area contributed by atoms with Crippen molar-refractivity contribution in [3.8, 4) is 11.5 Å². The summed E-state index contributed by atoms with van der Waals surface area (Å²) in [4.78, 5) is 33.8. The number of rotatable bonds is 11. The van der Waals surface area contributed by atoms with E-state index in [1.807, 2.05) is 87.6 Å². The lowest BCUT2D eigenvalue weighted by Crippen LogP contribution is -2.47. The van der Waals surface area contributed by atoms with E-state index in [0.29, 0.717) is 31.0 Å². The molecule has 4 rings (SSSR count). The number of methoxy groups -OCH3 is 2. The largest absolute Gasteiger partial charge is 0.493 e. The second kappa shape index (κ2) is 13.1. The number of para-hydroxylation sites is 2. The molecule has 8 nitrogen and oxygen atoms in total. The van der Waals surface area contributed by atoms with E-state index in [2.05, 4.69) is 16.4 Å². The van der Waals surface area contributed by atoms with Gasteiger partial charge in [0.05, 0.1) is 14.2 Å². The average molecular weight is 543 g/mol. The van der Waals surface area contributed by atoms with Gasteiger partial charge in [0.15, 0.2) is 11.5 Å². The molecule has 3 aromatic carbocycles. The number of ether oxygens (including phenoxy) is 2. The summed E-state index contributed by atoms with van der Waals surface area (Å²) in [6.07, 6.45) is 2.67. The summed E-state index contributed by atoms with van der Waals surface area (Å²) in [6.45, 7) is 6.57. The summed E-state index contributed by atoms with van der Waals surface area (Å²) in [5.74, 6) is 1.09. The minimum atomic E-state index is -0.305. The third-order valence-corrected chi connectivity index (χ3v) is 7.08. The lowest BCUT2D eigenvalue weighted by molar-refractivity contribution is -0.132. The van der Waals surface area contributed by atoms with Gasteiger partial charge >= 0.3 is 6.03 Å². The zero-order valence-electron chi connectivity index (χ0n) is 23.9. The van der Waals surface area contributed by atoms with Gasteiger partial charge in [0, 0.05) is 41.9 Å². The number of amides is 3. The smallest absolute Gasteiger partial charge is 0.322 e. The topological polar surface area (TPSA) is 86.9 Å². The Kier molecular flexibility index (Phi) is 9.32. The Bertz CT molecular complexity index is 1460. The van der Waals surface area contributed by atoms with Crippen molar-refractivity contribution in [1.82, 2.24) is 14.8 Å². The Morgan fingerprint density at radius 3 is 2.40 bits per heavy atom. The fraction of sp³-hybridized carbons (Fsp3) is 0.312. The maximum absolute atomic E-state index is 13.8. The maximum Gasteiger partial charge on any atom is 0.322 e. The molecule has 0 saturated heterocycles. The van der Waals surface area contributed by atoms with Gasteiger partial charge in [-0.3, -0.25) is 4.79 Å². The third-order valence-electron chi connectivity index (χ3n) is 7.08. The first-order valence-electron chi connectivity index (χ1n) is 13.5. The minimum Gasteiger partial charge on any atom is -0.493 e. The van der Waals surface area contributed by atoms with E-state index in [1.165, 1.54) is 0 Å². The van der Waals surface area contributed by atoms with E-state index in [9.17, 15) is 9.59 Å². The second-order valence-corrected chi connectivity index (χ2v) is 10.1. The lowest BCUT2D eigenvalue weighted by atomic mass is 10.1. The average Bonchev–Trinajstić information content (AvgIpc) is 3.37. The van der Waals surface area contributed by atoms with E-state index >= 15 is 0 Å². The van der Waals surface area contributed by atoms with Gasteiger partial charge in [-0.15, -0.1) is 0 Å². The van der Waals surface area contributed by atoms with Crippen LogP contribution >= 0.6 is 0 Å². The highest BCUT2D eigenvalue weighted by Crippen LogP contribution is 2.28. The molecule has 0 spiro atoms. The first kappa shape index (κ1) is 28.5. The highest BCUT2D eigenvalue weighted by Gasteiger charge is 2.24. The zero-order chi connectivity index (χ0) is 28.6. The van der Waals surface area contributed by atoms with Crippen molar-refractivity contribution >= 4 is 28.5 Å². The van der Waals surface area contributed by atoms with E-state index in [0.717, 1.165) is 33.3 Å². The van der Waals surface area contributed by atoms with Gasteiger partial charge in [-0.1, -0.05) is 42.5 Å². The number of anilines is 1. The van der Waals surface area contributed by atoms with Crippen molar-refractivity contribution in [2.45, 2.75) is 39.8 Å². The van der Waals surface area contributed by atoms with E-state index in [1.54, 1.807) is 24.0 Å². The highest BCUT2D eigenvalue weighted by molar-refractivity contribution is 5.93. The molecular weight excluding hydrogens is 504 g/mol. The number of carbonyl (C=O) groups is 2. The number of aryl methyl sites for hydroxylation is 1. The molecular formula is C32H38N4O4. The molecule has 3 amide bonds. The fourth-order valence-electron chi connectivity index (χ4n) is 4.72. The van der Waals surface area contributed by atoms with E-state index < -0.39 is 0 Å². The first-order chi connectivity index (χ1) is 19.3. The van der Waals surface area contributed by atoms with Crippen LogP contribution in [0, 0.1) is 6.92 Å². The number of nitrogens with zero attached hydrogens (tertiary/aromatic N) is 2. The van der Waals surface area contributed by atoms with Gasteiger partial charge in [0.25, 0.3) is 0 Å². The van der Waals surface area contributed by atoms with Crippen molar-refractivity contribution in [2.24, 2.45) is 0 Å². The number of hydrogen-bond donors (Lipinski definition) is 2. The summed E-state index contributed by atoms with van der Waals surface area (Å²) >= 11 is 0. The predicted octanol–water partition coefficient (Wildman–Crippen LogP) is 6.01. The number of aromatic nitrogens is 1. The molecule has 4 aromatic rings. The minimum absolute atomic E-state index is 0.0451. The second-order valence-electron chi connectivity index (χ2n) is 10.1. The normalized spacial score (nSPS) is 10.9. The fourth-order valence-corrected chi connectivity index (χ4v) is 4.72. The summed E-state index contributed by atoms with van der Waals surface area (Å²) in [7, 11) is 3.19. The maximum atomic E-state index is 13.8. The van der Waals surface area contributed by atoms with Crippen molar-refractivity contribution in [1.29, 1.82) is 0 Å². The van der Waals surface area contributed by atoms with Crippen LogP contribution in [0.5, 0.6) is 11.5 Å². The molecule has 0 aliphatic heterocycles. The summed E-state index contributed by atoms with van der Waals surface area (Å²) in [5, 5.41) is 4.11. The number of hydrogen-bond acceptors (Lipinski definition) is 4. The van der Waals surface area contributed by atoms with E-state index in [-0.39, 0.29) is 24.5 Å². The number of benzene rings is 3. The quantitative estimate of drug-likeness (QED) is 0.243. The van der Waals surface area contributed by atoms with Crippen LogP contribution in [0.15, 0.2) is 72.9 Å². The van der Waals surface area contributed by atoms with Crippen LogP contribution in [-0.4, -0.2) is 60.1 Å². The van der Waals surface area contributed by atoms with Gasteiger partial charge in [0.2, 0.25) is 5.91 Å². The third kappa shape index (κ3) is 6.75. The number of urea groups is 1. The molecule has 0 saturated carbocycles. The molecule has 1 heterocycles. The molecule has 0 aliphatic carbocycles.